The van der Waals surface area contributed by atoms with Crippen molar-refractivity contribution >= 4 is 5.91 Å². The summed E-state index contributed by atoms with van der Waals surface area (Å²) in [4.78, 5) is 18.3. The summed E-state index contributed by atoms with van der Waals surface area (Å²) in [6, 6.07) is 13.0. The average Bonchev–Trinajstić information content (AvgIpc) is 2.52. The molecule has 0 spiro atoms. The van der Waals surface area contributed by atoms with E-state index >= 15 is 0 Å². The Kier molecular flexibility index (Phi) is 4.71. The first kappa shape index (κ1) is 14.1. The van der Waals surface area contributed by atoms with E-state index < -0.39 is 0 Å². The predicted octanol–water partition coefficient (Wildman–Crippen LogP) is 2.40. The summed E-state index contributed by atoms with van der Waals surface area (Å²) in [5.74, 6) is 0.556. The SMILES string of the molecule is COc1ccccc1C(=O)N(C)CCc1ccccn1. The molecule has 0 saturated heterocycles. The van der Waals surface area contributed by atoms with E-state index in [2.05, 4.69) is 4.98 Å². The van der Waals surface area contributed by atoms with Crippen LogP contribution in [0, 0.1) is 0 Å². The van der Waals surface area contributed by atoms with Gasteiger partial charge in [0.15, 0.2) is 0 Å². The minimum absolute atomic E-state index is 0.0432. The number of rotatable bonds is 5. The lowest BCUT2D eigenvalue weighted by molar-refractivity contribution is 0.0793. The second-order valence-corrected chi connectivity index (χ2v) is 4.50. The Balaban J connectivity index is 2.02. The molecule has 1 aromatic heterocycles. The van der Waals surface area contributed by atoms with Gasteiger partial charge in [-0.25, -0.2) is 0 Å². The van der Waals surface area contributed by atoms with Crippen LogP contribution in [0.4, 0.5) is 0 Å². The number of carbonyl (C=O) groups is 1. The van der Waals surface area contributed by atoms with Crippen LogP contribution in [0.1, 0.15) is 16.1 Å². The maximum absolute atomic E-state index is 12.4. The van der Waals surface area contributed by atoms with Gasteiger partial charge < -0.3 is 9.64 Å². The van der Waals surface area contributed by atoms with Crippen molar-refractivity contribution in [1.82, 2.24) is 9.88 Å². The maximum atomic E-state index is 12.4. The standard InChI is InChI=1S/C16H18N2O2/c1-18(12-10-13-7-5-6-11-17-13)16(19)14-8-3-4-9-15(14)20-2/h3-9,11H,10,12H2,1-2H3. The highest BCUT2D eigenvalue weighted by molar-refractivity contribution is 5.96. The normalized spacial score (nSPS) is 10.1. The van der Waals surface area contributed by atoms with Gasteiger partial charge in [0, 0.05) is 31.9 Å². The van der Waals surface area contributed by atoms with Crippen LogP contribution in [0.5, 0.6) is 5.75 Å². The summed E-state index contributed by atoms with van der Waals surface area (Å²) < 4.78 is 5.22. The van der Waals surface area contributed by atoms with Crippen molar-refractivity contribution in [3.63, 3.8) is 0 Å². The second-order valence-electron chi connectivity index (χ2n) is 4.50. The van der Waals surface area contributed by atoms with Crippen molar-refractivity contribution in [3.05, 3.63) is 59.9 Å². The van der Waals surface area contributed by atoms with Gasteiger partial charge in [-0.15, -0.1) is 0 Å². The molecule has 1 amide bonds. The molecule has 0 radical (unpaired) electrons. The van der Waals surface area contributed by atoms with Crippen LogP contribution in [0.25, 0.3) is 0 Å². The largest absolute Gasteiger partial charge is 0.496 e. The third-order valence-electron chi connectivity index (χ3n) is 3.11. The Hall–Kier alpha value is -2.36. The quantitative estimate of drug-likeness (QED) is 0.838. The molecule has 4 heteroatoms. The number of aromatic nitrogens is 1. The van der Waals surface area contributed by atoms with Crippen molar-refractivity contribution in [2.24, 2.45) is 0 Å². The number of ether oxygens (including phenoxy) is 1. The number of likely N-dealkylation sites (N-methyl/N-ethyl adjacent to an activating group) is 1. The molecule has 0 fully saturated rings. The molecular weight excluding hydrogens is 252 g/mol. The fraction of sp³-hybridized carbons (Fsp3) is 0.250. The highest BCUT2D eigenvalue weighted by Gasteiger charge is 2.15. The fourth-order valence-corrected chi connectivity index (χ4v) is 1.96. The maximum Gasteiger partial charge on any atom is 0.257 e. The van der Waals surface area contributed by atoms with Crippen LogP contribution in [0.15, 0.2) is 48.7 Å². The van der Waals surface area contributed by atoms with Gasteiger partial charge in [-0.1, -0.05) is 18.2 Å². The van der Waals surface area contributed by atoms with Gasteiger partial charge in [0.2, 0.25) is 0 Å². The molecule has 4 nitrogen and oxygen atoms in total. The van der Waals surface area contributed by atoms with Crippen molar-refractivity contribution in [2.75, 3.05) is 20.7 Å². The lowest BCUT2D eigenvalue weighted by atomic mass is 10.1. The van der Waals surface area contributed by atoms with E-state index in [-0.39, 0.29) is 5.91 Å². The van der Waals surface area contributed by atoms with E-state index in [0.29, 0.717) is 17.9 Å². The zero-order valence-corrected chi connectivity index (χ0v) is 11.7. The van der Waals surface area contributed by atoms with E-state index in [9.17, 15) is 4.79 Å². The first-order valence-electron chi connectivity index (χ1n) is 6.50. The summed E-state index contributed by atoms with van der Waals surface area (Å²) in [5, 5.41) is 0. The lowest BCUT2D eigenvalue weighted by Crippen LogP contribution is -2.29. The van der Waals surface area contributed by atoms with Gasteiger partial charge >= 0.3 is 0 Å². The van der Waals surface area contributed by atoms with Crippen LogP contribution in [-0.2, 0) is 6.42 Å². The van der Waals surface area contributed by atoms with Crippen LogP contribution in [-0.4, -0.2) is 36.5 Å². The molecule has 0 N–H and O–H groups in total. The van der Waals surface area contributed by atoms with Gasteiger partial charge in [-0.2, -0.15) is 0 Å². The Morgan fingerprint density at radius 3 is 2.65 bits per heavy atom. The third-order valence-corrected chi connectivity index (χ3v) is 3.11. The summed E-state index contributed by atoms with van der Waals surface area (Å²) in [6.07, 6.45) is 2.50. The zero-order valence-electron chi connectivity index (χ0n) is 11.7. The predicted molar refractivity (Wildman–Crippen MR) is 77.9 cm³/mol. The average molecular weight is 270 g/mol. The van der Waals surface area contributed by atoms with Crippen molar-refractivity contribution in [1.29, 1.82) is 0 Å². The van der Waals surface area contributed by atoms with E-state index in [0.717, 1.165) is 12.1 Å². The number of pyridine rings is 1. The number of para-hydroxylation sites is 1. The molecular formula is C16H18N2O2. The molecule has 1 aromatic carbocycles. The Labute approximate surface area is 119 Å². The highest BCUT2D eigenvalue weighted by Crippen LogP contribution is 2.18. The molecule has 2 aromatic rings. The smallest absolute Gasteiger partial charge is 0.257 e. The van der Waals surface area contributed by atoms with Gasteiger partial charge in [-0.3, -0.25) is 9.78 Å². The van der Waals surface area contributed by atoms with Crippen LogP contribution < -0.4 is 4.74 Å². The number of hydrogen-bond donors (Lipinski definition) is 0. The number of methoxy groups -OCH3 is 1. The van der Waals surface area contributed by atoms with Crippen LogP contribution in [0.2, 0.25) is 0 Å². The topological polar surface area (TPSA) is 42.4 Å². The summed E-state index contributed by atoms with van der Waals surface area (Å²) >= 11 is 0. The summed E-state index contributed by atoms with van der Waals surface area (Å²) in [5.41, 5.74) is 1.56. The molecule has 0 aliphatic rings. The Morgan fingerprint density at radius 1 is 1.20 bits per heavy atom. The van der Waals surface area contributed by atoms with Crippen molar-refractivity contribution in [3.8, 4) is 5.75 Å². The van der Waals surface area contributed by atoms with Gasteiger partial charge in [0.1, 0.15) is 5.75 Å². The first-order chi connectivity index (χ1) is 9.72. The van der Waals surface area contributed by atoms with Gasteiger partial charge in [-0.05, 0) is 24.3 Å². The number of nitrogens with zero attached hydrogens (tertiary/aromatic N) is 2. The fourth-order valence-electron chi connectivity index (χ4n) is 1.96. The number of hydrogen-bond acceptors (Lipinski definition) is 3. The summed E-state index contributed by atoms with van der Waals surface area (Å²) in [6.45, 7) is 0.619. The minimum atomic E-state index is -0.0432. The second kappa shape index (κ2) is 6.70. The Morgan fingerprint density at radius 2 is 1.95 bits per heavy atom. The first-order valence-corrected chi connectivity index (χ1v) is 6.50. The molecule has 104 valence electrons. The third kappa shape index (κ3) is 3.35. The van der Waals surface area contributed by atoms with E-state index in [1.165, 1.54) is 0 Å². The minimum Gasteiger partial charge on any atom is -0.496 e. The molecule has 0 atom stereocenters. The van der Waals surface area contributed by atoms with E-state index in [1.54, 1.807) is 37.4 Å². The van der Waals surface area contributed by atoms with E-state index in [4.69, 9.17) is 4.74 Å². The molecule has 1 heterocycles. The molecule has 0 bridgehead atoms. The molecule has 0 aliphatic carbocycles. The molecule has 0 aliphatic heterocycles. The zero-order chi connectivity index (χ0) is 14.4. The van der Waals surface area contributed by atoms with Crippen LogP contribution >= 0.6 is 0 Å². The number of benzene rings is 1. The van der Waals surface area contributed by atoms with E-state index in [1.807, 2.05) is 30.3 Å². The van der Waals surface area contributed by atoms with Crippen molar-refractivity contribution < 1.29 is 9.53 Å². The monoisotopic (exact) mass is 270 g/mol. The number of amides is 1. The molecule has 0 saturated carbocycles. The summed E-state index contributed by atoms with van der Waals surface area (Å²) in [7, 11) is 3.36. The Bertz CT molecular complexity index is 570. The van der Waals surface area contributed by atoms with Gasteiger partial charge in [0.25, 0.3) is 5.91 Å². The van der Waals surface area contributed by atoms with Crippen molar-refractivity contribution in [2.45, 2.75) is 6.42 Å². The molecule has 2 rings (SSSR count). The number of carbonyl (C=O) groups excluding carboxylic acids is 1. The highest BCUT2D eigenvalue weighted by atomic mass is 16.5. The molecule has 20 heavy (non-hydrogen) atoms. The van der Waals surface area contributed by atoms with Crippen LogP contribution in [0.3, 0.4) is 0 Å². The lowest BCUT2D eigenvalue weighted by Gasteiger charge is -2.18. The molecule has 0 unspecified atom stereocenters. The van der Waals surface area contributed by atoms with Gasteiger partial charge in [0.05, 0.1) is 12.7 Å².